The van der Waals surface area contributed by atoms with Gasteiger partial charge in [0.05, 0.1) is 12.5 Å². The summed E-state index contributed by atoms with van der Waals surface area (Å²) in [5.41, 5.74) is 1.29. The zero-order valence-electron chi connectivity index (χ0n) is 7.85. The summed E-state index contributed by atoms with van der Waals surface area (Å²) in [7, 11) is 0. The third kappa shape index (κ3) is 1.07. The lowest BCUT2D eigenvalue weighted by Crippen LogP contribution is -2.15. The predicted molar refractivity (Wildman–Crippen MR) is 51.7 cm³/mol. The van der Waals surface area contributed by atoms with Gasteiger partial charge in [0.2, 0.25) is 0 Å². The van der Waals surface area contributed by atoms with Crippen LogP contribution in [0.25, 0.3) is 0 Å². The molecule has 0 bridgehead atoms. The average molecular weight is 188 g/mol. The van der Waals surface area contributed by atoms with E-state index < -0.39 is 0 Å². The number of esters is 1. The van der Waals surface area contributed by atoms with E-state index in [0.717, 1.165) is 6.42 Å². The monoisotopic (exact) mass is 188 g/mol. The molecule has 1 heterocycles. The summed E-state index contributed by atoms with van der Waals surface area (Å²) in [6, 6.07) is 10.3. The van der Waals surface area contributed by atoms with E-state index in [4.69, 9.17) is 4.74 Å². The largest absolute Gasteiger partial charge is 0.465 e. The predicted octanol–water partition coefficient (Wildman–Crippen LogP) is 1.96. The minimum atomic E-state index is 0.00935. The molecular weight excluding hydrogens is 176 g/mol. The fraction of sp³-hybridized carbons (Fsp3) is 0.417. The van der Waals surface area contributed by atoms with Gasteiger partial charge in [-0.2, -0.15) is 0 Å². The van der Waals surface area contributed by atoms with Crippen LogP contribution in [-0.2, 0) is 9.53 Å². The number of fused-ring (bicyclic) bond motifs is 1. The van der Waals surface area contributed by atoms with Gasteiger partial charge in [0.15, 0.2) is 0 Å². The lowest BCUT2D eigenvalue weighted by Gasteiger charge is -2.07. The number of rotatable bonds is 1. The number of ether oxygens (including phenoxy) is 1. The molecule has 3 rings (SSSR count). The number of carbonyl (C=O) groups excluding carboxylic acids is 1. The van der Waals surface area contributed by atoms with Crippen molar-refractivity contribution in [1.82, 2.24) is 0 Å². The summed E-state index contributed by atoms with van der Waals surface area (Å²) < 4.78 is 5.04. The van der Waals surface area contributed by atoms with Crippen LogP contribution in [0.2, 0.25) is 0 Å². The van der Waals surface area contributed by atoms with Crippen molar-refractivity contribution >= 4 is 5.97 Å². The quantitative estimate of drug-likeness (QED) is 0.630. The Morgan fingerprint density at radius 1 is 1.14 bits per heavy atom. The number of cyclic esters (lactones) is 1. The van der Waals surface area contributed by atoms with Gasteiger partial charge in [0.1, 0.15) is 0 Å². The van der Waals surface area contributed by atoms with Crippen molar-refractivity contribution in [2.75, 3.05) is 6.61 Å². The van der Waals surface area contributed by atoms with Crippen molar-refractivity contribution in [3.63, 3.8) is 0 Å². The Hall–Kier alpha value is -1.31. The van der Waals surface area contributed by atoms with Gasteiger partial charge < -0.3 is 4.74 Å². The molecular formula is C12H12O2. The molecule has 2 nitrogen and oxygen atoms in total. The highest BCUT2D eigenvalue weighted by Crippen LogP contribution is 2.58. The van der Waals surface area contributed by atoms with E-state index in [1.54, 1.807) is 0 Å². The van der Waals surface area contributed by atoms with Crippen molar-refractivity contribution in [1.29, 1.82) is 0 Å². The van der Waals surface area contributed by atoms with E-state index in [0.29, 0.717) is 18.4 Å². The van der Waals surface area contributed by atoms with Gasteiger partial charge in [-0.1, -0.05) is 30.3 Å². The Bertz CT molecular complexity index is 358. The molecule has 0 aromatic heterocycles. The normalized spacial score (nSPS) is 34.6. The third-order valence-electron chi connectivity index (χ3n) is 3.32. The van der Waals surface area contributed by atoms with Crippen LogP contribution in [0.3, 0.4) is 0 Å². The van der Waals surface area contributed by atoms with Gasteiger partial charge in [-0.25, -0.2) is 0 Å². The molecule has 2 aliphatic rings. The van der Waals surface area contributed by atoms with Crippen molar-refractivity contribution in [3.05, 3.63) is 35.9 Å². The van der Waals surface area contributed by atoms with E-state index in [-0.39, 0.29) is 11.9 Å². The Labute approximate surface area is 82.9 Å². The summed E-state index contributed by atoms with van der Waals surface area (Å²) in [4.78, 5) is 11.4. The molecule has 1 aliphatic carbocycles. The van der Waals surface area contributed by atoms with E-state index in [9.17, 15) is 4.79 Å². The number of hydrogen-bond donors (Lipinski definition) is 0. The first-order valence-corrected chi connectivity index (χ1v) is 5.09. The van der Waals surface area contributed by atoms with E-state index in [1.165, 1.54) is 5.56 Å². The molecule has 72 valence electrons. The molecule has 2 fully saturated rings. The summed E-state index contributed by atoms with van der Waals surface area (Å²) in [5, 5.41) is 0. The minimum Gasteiger partial charge on any atom is -0.465 e. The van der Waals surface area contributed by atoms with Crippen molar-refractivity contribution < 1.29 is 9.53 Å². The zero-order valence-corrected chi connectivity index (χ0v) is 7.85. The van der Waals surface area contributed by atoms with Crippen LogP contribution in [0.1, 0.15) is 17.9 Å². The second-order valence-electron chi connectivity index (χ2n) is 4.08. The molecule has 0 N–H and O–H groups in total. The van der Waals surface area contributed by atoms with Gasteiger partial charge in [0.25, 0.3) is 0 Å². The first kappa shape index (κ1) is 8.04. The first-order chi connectivity index (χ1) is 6.88. The fourth-order valence-electron chi connectivity index (χ4n) is 2.58. The molecule has 14 heavy (non-hydrogen) atoms. The van der Waals surface area contributed by atoms with Crippen LogP contribution >= 0.6 is 0 Å². The Morgan fingerprint density at radius 2 is 1.93 bits per heavy atom. The van der Waals surface area contributed by atoms with Crippen molar-refractivity contribution in [2.24, 2.45) is 11.8 Å². The topological polar surface area (TPSA) is 26.3 Å². The molecule has 0 unspecified atom stereocenters. The van der Waals surface area contributed by atoms with Crippen molar-refractivity contribution in [3.8, 4) is 0 Å². The molecule has 0 radical (unpaired) electrons. The van der Waals surface area contributed by atoms with Crippen LogP contribution in [0, 0.1) is 11.8 Å². The van der Waals surface area contributed by atoms with E-state index in [2.05, 4.69) is 12.1 Å². The first-order valence-electron chi connectivity index (χ1n) is 5.09. The maximum Gasteiger partial charge on any atom is 0.309 e. The Balaban J connectivity index is 1.87. The van der Waals surface area contributed by atoms with Crippen LogP contribution in [-0.4, -0.2) is 12.6 Å². The van der Waals surface area contributed by atoms with Crippen molar-refractivity contribution in [2.45, 2.75) is 12.3 Å². The van der Waals surface area contributed by atoms with Gasteiger partial charge in [-0.05, 0) is 17.9 Å². The molecule has 1 aromatic rings. The Morgan fingerprint density at radius 3 is 2.64 bits per heavy atom. The van der Waals surface area contributed by atoms with Crippen LogP contribution in [0.4, 0.5) is 0 Å². The smallest absolute Gasteiger partial charge is 0.309 e. The van der Waals surface area contributed by atoms with Gasteiger partial charge in [0, 0.05) is 5.92 Å². The molecule has 2 heteroatoms. The molecule has 1 saturated heterocycles. The van der Waals surface area contributed by atoms with Crippen LogP contribution in [0.15, 0.2) is 30.3 Å². The van der Waals surface area contributed by atoms with Gasteiger partial charge >= 0.3 is 5.97 Å². The highest BCUT2D eigenvalue weighted by Gasteiger charge is 2.57. The maximum absolute atomic E-state index is 11.4. The molecule has 1 aliphatic heterocycles. The minimum absolute atomic E-state index is 0.00935. The summed E-state index contributed by atoms with van der Waals surface area (Å²) in [6.07, 6.45) is 1.04. The van der Waals surface area contributed by atoms with Gasteiger partial charge in [-0.3, -0.25) is 4.79 Å². The number of carbonyl (C=O) groups is 1. The summed E-state index contributed by atoms with van der Waals surface area (Å²) in [5.74, 6) is 1.16. The fourth-order valence-corrected chi connectivity index (χ4v) is 2.58. The molecule has 3 atom stereocenters. The maximum atomic E-state index is 11.4. The second kappa shape index (κ2) is 2.84. The third-order valence-corrected chi connectivity index (χ3v) is 3.32. The SMILES string of the molecule is O=C1OCC[C@@H]2[C@@H]1[C@H]2c1ccccc1. The van der Waals surface area contributed by atoms with E-state index in [1.807, 2.05) is 18.2 Å². The molecule has 0 amide bonds. The Kier molecular flexibility index (Phi) is 1.63. The number of benzene rings is 1. The highest BCUT2D eigenvalue weighted by molar-refractivity contribution is 5.79. The second-order valence-corrected chi connectivity index (χ2v) is 4.08. The summed E-state index contributed by atoms with van der Waals surface area (Å²) >= 11 is 0. The van der Waals surface area contributed by atoms with Gasteiger partial charge in [-0.15, -0.1) is 0 Å². The average Bonchev–Trinajstić information content (AvgIpc) is 2.95. The standard InChI is InChI=1S/C12H12O2/c13-12-11-9(6-7-14-12)10(11)8-4-2-1-3-5-8/h1-5,9-11H,6-7H2/t9-,10-,11+/m0/s1. The highest BCUT2D eigenvalue weighted by atomic mass is 16.5. The lowest BCUT2D eigenvalue weighted by molar-refractivity contribution is -0.148. The van der Waals surface area contributed by atoms with Crippen LogP contribution < -0.4 is 0 Å². The molecule has 1 saturated carbocycles. The molecule has 1 aromatic carbocycles. The lowest BCUT2D eigenvalue weighted by atomic mass is 10.1. The summed E-state index contributed by atoms with van der Waals surface area (Å²) in [6.45, 7) is 0.614. The van der Waals surface area contributed by atoms with Crippen LogP contribution in [0.5, 0.6) is 0 Å². The molecule has 0 spiro atoms. The zero-order chi connectivity index (χ0) is 9.54. The van der Waals surface area contributed by atoms with E-state index >= 15 is 0 Å². The number of hydrogen-bond acceptors (Lipinski definition) is 2.